The van der Waals surface area contributed by atoms with Crippen molar-refractivity contribution in [2.75, 3.05) is 26.8 Å². The van der Waals surface area contributed by atoms with Gasteiger partial charge in [0.2, 0.25) is 5.91 Å². The summed E-state index contributed by atoms with van der Waals surface area (Å²) in [6.45, 7) is 3.48. The van der Waals surface area contributed by atoms with Gasteiger partial charge in [0.05, 0.1) is 12.5 Å². The van der Waals surface area contributed by atoms with Crippen LogP contribution in [0.3, 0.4) is 0 Å². The number of aliphatic carboxylic acids is 1. The van der Waals surface area contributed by atoms with Crippen LogP contribution in [0.1, 0.15) is 13.3 Å². The molecular weight excluding hydrogens is 198 g/mol. The molecule has 5 nitrogen and oxygen atoms in total. The van der Waals surface area contributed by atoms with Gasteiger partial charge in [-0.1, -0.05) is 6.92 Å². The number of rotatable bonds is 5. The molecule has 1 saturated heterocycles. The average molecular weight is 215 g/mol. The monoisotopic (exact) mass is 215 g/mol. The molecule has 0 saturated carbocycles. The molecule has 0 aliphatic carbocycles. The first-order valence-electron chi connectivity index (χ1n) is 5.04. The number of carbonyl (C=O) groups excluding carboxylic acids is 1. The van der Waals surface area contributed by atoms with Crippen LogP contribution >= 0.6 is 0 Å². The van der Waals surface area contributed by atoms with Crippen LogP contribution < -0.4 is 0 Å². The van der Waals surface area contributed by atoms with Crippen molar-refractivity contribution in [2.24, 2.45) is 11.8 Å². The lowest BCUT2D eigenvalue weighted by atomic mass is 10.1. The van der Waals surface area contributed by atoms with Crippen LogP contribution in [0.4, 0.5) is 0 Å². The molecule has 1 aliphatic heterocycles. The topological polar surface area (TPSA) is 66.8 Å². The maximum Gasteiger partial charge on any atom is 0.308 e. The molecule has 2 unspecified atom stereocenters. The van der Waals surface area contributed by atoms with Crippen molar-refractivity contribution < 1.29 is 19.4 Å². The lowest BCUT2D eigenvalue weighted by Gasteiger charge is -2.20. The van der Waals surface area contributed by atoms with Gasteiger partial charge in [-0.05, 0) is 5.92 Å². The molecule has 1 amide bonds. The maximum absolute atomic E-state index is 11.5. The highest BCUT2D eigenvalue weighted by atomic mass is 16.5. The highest BCUT2D eigenvalue weighted by molar-refractivity contribution is 5.86. The summed E-state index contributed by atoms with van der Waals surface area (Å²) in [6.07, 6.45) is 0.134. The Morgan fingerprint density at radius 2 is 2.40 bits per heavy atom. The van der Waals surface area contributed by atoms with Crippen molar-refractivity contribution in [3.8, 4) is 0 Å². The molecule has 1 N–H and O–H groups in total. The van der Waals surface area contributed by atoms with E-state index in [1.807, 2.05) is 6.92 Å². The van der Waals surface area contributed by atoms with E-state index in [4.69, 9.17) is 9.84 Å². The zero-order valence-electron chi connectivity index (χ0n) is 9.10. The summed E-state index contributed by atoms with van der Waals surface area (Å²) in [5.74, 6) is -1.24. The van der Waals surface area contributed by atoms with E-state index in [1.54, 1.807) is 12.0 Å². The molecule has 0 aromatic heterocycles. The minimum atomic E-state index is -0.884. The number of amides is 1. The van der Waals surface area contributed by atoms with Gasteiger partial charge in [0.25, 0.3) is 0 Å². The number of carboxylic acid groups (broad SMARTS) is 1. The second-order valence-electron chi connectivity index (χ2n) is 4.10. The molecule has 0 bridgehead atoms. The third kappa shape index (κ3) is 3.20. The van der Waals surface area contributed by atoms with Gasteiger partial charge in [0.1, 0.15) is 0 Å². The Kier molecular flexibility index (Phi) is 4.08. The second-order valence-corrected chi connectivity index (χ2v) is 4.10. The van der Waals surface area contributed by atoms with E-state index < -0.39 is 11.9 Å². The Morgan fingerprint density at radius 1 is 1.73 bits per heavy atom. The van der Waals surface area contributed by atoms with E-state index in [1.165, 1.54) is 0 Å². The Labute approximate surface area is 89.0 Å². The fraction of sp³-hybridized carbons (Fsp3) is 0.800. The van der Waals surface area contributed by atoms with Gasteiger partial charge in [-0.3, -0.25) is 9.59 Å². The predicted molar refractivity (Wildman–Crippen MR) is 53.4 cm³/mol. The van der Waals surface area contributed by atoms with Gasteiger partial charge in [-0.15, -0.1) is 0 Å². The number of ether oxygens (including phenoxy) is 1. The first-order valence-corrected chi connectivity index (χ1v) is 5.04. The van der Waals surface area contributed by atoms with Gasteiger partial charge in [-0.2, -0.15) is 0 Å². The SMILES string of the molecule is COCC(C)CN1CC(C(=O)O)CC1=O. The lowest BCUT2D eigenvalue weighted by molar-refractivity contribution is -0.141. The minimum Gasteiger partial charge on any atom is -0.481 e. The van der Waals surface area contributed by atoms with Crippen LogP contribution in [0.15, 0.2) is 0 Å². The van der Waals surface area contributed by atoms with Crippen LogP contribution in [0.25, 0.3) is 0 Å². The highest BCUT2D eigenvalue weighted by Crippen LogP contribution is 2.19. The molecule has 1 fully saturated rings. The van der Waals surface area contributed by atoms with Gasteiger partial charge in [0.15, 0.2) is 0 Å². The van der Waals surface area contributed by atoms with E-state index >= 15 is 0 Å². The molecule has 0 aromatic rings. The van der Waals surface area contributed by atoms with Gasteiger partial charge in [0, 0.05) is 26.6 Å². The number of methoxy groups -OCH3 is 1. The molecule has 5 heteroatoms. The molecule has 0 spiro atoms. The van der Waals surface area contributed by atoms with Crippen molar-refractivity contribution >= 4 is 11.9 Å². The summed E-state index contributed by atoms with van der Waals surface area (Å²) in [5, 5.41) is 8.78. The van der Waals surface area contributed by atoms with Crippen molar-refractivity contribution in [1.82, 2.24) is 4.90 Å². The smallest absolute Gasteiger partial charge is 0.308 e. The molecule has 15 heavy (non-hydrogen) atoms. The van der Waals surface area contributed by atoms with Crippen LogP contribution in [0.5, 0.6) is 0 Å². The largest absolute Gasteiger partial charge is 0.481 e. The molecule has 1 aliphatic rings. The van der Waals surface area contributed by atoms with Gasteiger partial charge >= 0.3 is 5.97 Å². The van der Waals surface area contributed by atoms with E-state index in [9.17, 15) is 9.59 Å². The fourth-order valence-electron chi connectivity index (χ4n) is 1.83. The average Bonchev–Trinajstić information content (AvgIpc) is 2.48. The normalized spacial score (nSPS) is 23.2. The molecular formula is C10H17NO4. The van der Waals surface area contributed by atoms with Gasteiger partial charge < -0.3 is 14.7 Å². The van der Waals surface area contributed by atoms with E-state index in [-0.39, 0.29) is 18.2 Å². The van der Waals surface area contributed by atoms with E-state index in [0.717, 1.165) is 0 Å². The third-order valence-electron chi connectivity index (χ3n) is 2.55. The number of carboxylic acids is 1. The first kappa shape index (κ1) is 12.0. The zero-order valence-corrected chi connectivity index (χ0v) is 9.10. The molecule has 2 atom stereocenters. The number of nitrogens with zero attached hydrogens (tertiary/aromatic N) is 1. The Balaban J connectivity index is 2.43. The minimum absolute atomic E-state index is 0.0645. The number of likely N-dealkylation sites (tertiary alicyclic amines) is 1. The highest BCUT2D eigenvalue weighted by Gasteiger charge is 2.34. The summed E-state index contributed by atoms with van der Waals surface area (Å²) in [4.78, 5) is 23.8. The molecule has 1 rings (SSSR count). The van der Waals surface area contributed by atoms with Crippen LogP contribution in [-0.4, -0.2) is 48.7 Å². The Hall–Kier alpha value is -1.10. The van der Waals surface area contributed by atoms with Crippen molar-refractivity contribution in [1.29, 1.82) is 0 Å². The predicted octanol–water partition coefficient (Wildman–Crippen LogP) is 0.202. The molecule has 0 radical (unpaired) electrons. The molecule has 86 valence electrons. The van der Waals surface area contributed by atoms with Crippen LogP contribution in [0, 0.1) is 11.8 Å². The first-order chi connectivity index (χ1) is 7.04. The van der Waals surface area contributed by atoms with Crippen LogP contribution in [-0.2, 0) is 14.3 Å². The van der Waals surface area contributed by atoms with E-state index in [2.05, 4.69) is 0 Å². The standard InChI is InChI=1S/C10H17NO4/c1-7(6-15-2)4-11-5-8(10(13)14)3-9(11)12/h7-8H,3-6H2,1-2H3,(H,13,14). The fourth-order valence-corrected chi connectivity index (χ4v) is 1.83. The summed E-state index contributed by atoms with van der Waals surface area (Å²) < 4.78 is 4.97. The number of hydrogen-bond donors (Lipinski definition) is 1. The van der Waals surface area contributed by atoms with Crippen LogP contribution in [0.2, 0.25) is 0 Å². The molecule has 0 aromatic carbocycles. The quantitative estimate of drug-likeness (QED) is 0.711. The van der Waals surface area contributed by atoms with Crippen molar-refractivity contribution in [3.63, 3.8) is 0 Å². The summed E-state index contributed by atoms with van der Waals surface area (Å²) in [6, 6.07) is 0. The Bertz CT molecular complexity index is 254. The second kappa shape index (κ2) is 5.11. The molecule has 1 heterocycles. The summed E-state index contributed by atoms with van der Waals surface area (Å²) in [5.41, 5.74) is 0. The van der Waals surface area contributed by atoms with Gasteiger partial charge in [-0.25, -0.2) is 0 Å². The number of carbonyl (C=O) groups is 2. The Morgan fingerprint density at radius 3 is 2.87 bits per heavy atom. The summed E-state index contributed by atoms with van der Waals surface area (Å²) in [7, 11) is 1.61. The third-order valence-corrected chi connectivity index (χ3v) is 2.55. The number of hydrogen-bond acceptors (Lipinski definition) is 3. The lowest BCUT2D eigenvalue weighted by Crippen LogP contribution is -2.32. The van der Waals surface area contributed by atoms with Crippen molar-refractivity contribution in [2.45, 2.75) is 13.3 Å². The van der Waals surface area contributed by atoms with Crippen molar-refractivity contribution in [3.05, 3.63) is 0 Å². The van der Waals surface area contributed by atoms with E-state index in [0.29, 0.717) is 19.7 Å². The maximum atomic E-state index is 11.5. The summed E-state index contributed by atoms with van der Waals surface area (Å²) >= 11 is 0. The zero-order chi connectivity index (χ0) is 11.4.